The van der Waals surface area contributed by atoms with Gasteiger partial charge in [0.25, 0.3) is 0 Å². The van der Waals surface area contributed by atoms with Gasteiger partial charge >= 0.3 is 0 Å². The maximum absolute atomic E-state index is 13.4. The monoisotopic (exact) mass is 344 g/mol. The summed E-state index contributed by atoms with van der Waals surface area (Å²) < 4.78 is 19.6. The third kappa shape index (κ3) is 3.23. The van der Waals surface area contributed by atoms with Crippen LogP contribution >= 0.6 is 27.5 Å². The highest BCUT2D eigenvalue weighted by molar-refractivity contribution is 9.10. The Morgan fingerprint density at radius 3 is 2.89 bits per heavy atom. The number of hydrogen-bond acceptors (Lipinski definition) is 3. The minimum atomic E-state index is -0.557. The van der Waals surface area contributed by atoms with E-state index in [0.29, 0.717) is 16.1 Å². The summed E-state index contributed by atoms with van der Waals surface area (Å²) in [4.78, 5) is 4.11. The average Bonchev–Trinajstić information content (AvgIpc) is 2.36. The molecule has 1 aromatic carbocycles. The van der Waals surface area contributed by atoms with Gasteiger partial charge in [0.2, 0.25) is 5.88 Å². The van der Waals surface area contributed by atoms with Gasteiger partial charge in [0.1, 0.15) is 11.6 Å². The highest BCUT2D eigenvalue weighted by Crippen LogP contribution is 2.34. The molecule has 2 N–H and O–H groups in total. The number of rotatable bonds is 3. The van der Waals surface area contributed by atoms with Gasteiger partial charge in [0, 0.05) is 23.9 Å². The number of pyridine rings is 1. The number of benzene rings is 1. The van der Waals surface area contributed by atoms with Crippen molar-refractivity contribution in [2.45, 2.75) is 13.0 Å². The minimum Gasteiger partial charge on any atom is -0.437 e. The van der Waals surface area contributed by atoms with Gasteiger partial charge in [0.05, 0.1) is 9.50 Å². The van der Waals surface area contributed by atoms with E-state index in [4.69, 9.17) is 22.1 Å². The zero-order valence-electron chi connectivity index (χ0n) is 10.0. The SMILES string of the molecule is CC(N)c1cccnc1Oc1cc(F)c(Cl)cc1Br. The number of aromatic nitrogens is 1. The Kier molecular flexibility index (Phi) is 4.39. The van der Waals surface area contributed by atoms with Crippen LogP contribution in [0.2, 0.25) is 5.02 Å². The van der Waals surface area contributed by atoms with Crippen molar-refractivity contribution < 1.29 is 9.13 Å². The lowest BCUT2D eigenvalue weighted by Crippen LogP contribution is -2.07. The standard InChI is InChI=1S/C13H11BrClFN2O/c1-7(17)8-3-2-4-18-13(8)19-12-6-11(16)10(15)5-9(12)14/h2-7H,17H2,1H3. The molecule has 0 amide bonds. The Morgan fingerprint density at radius 2 is 2.21 bits per heavy atom. The Labute approximate surface area is 123 Å². The molecule has 0 fully saturated rings. The lowest BCUT2D eigenvalue weighted by Gasteiger charge is -2.13. The molecule has 0 bridgehead atoms. The number of hydrogen-bond donors (Lipinski definition) is 1. The minimum absolute atomic E-state index is 0.0210. The van der Waals surface area contributed by atoms with Crippen LogP contribution in [0.4, 0.5) is 4.39 Å². The van der Waals surface area contributed by atoms with E-state index in [9.17, 15) is 4.39 Å². The fraction of sp³-hybridized carbons (Fsp3) is 0.154. The first-order valence-corrected chi connectivity index (χ1v) is 6.69. The Hall–Kier alpha value is -1.17. The first kappa shape index (κ1) is 14.2. The molecule has 100 valence electrons. The predicted molar refractivity (Wildman–Crippen MR) is 76.0 cm³/mol. The molecule has 1 unspecified atom stereocenters. The molecule has 0 radical (unpaired) electrons. The van der Waals surface area contributed by atoms with Gasteiger partial charge < -0.3 is 10.5 Å². The highest BCUT2D eigenvalue weighted by atomic mass is 79.9. The second kappa shape index (κ2) is 5.86. The zero-order valence-corrected chi connectivity index (χ0v) is 12.4. The van der Waals surface area contributed by atoms with Gasteiger partial charge in [-0.3, -0.25) is 0 Å². The second-order valence-corrected chi connectivity index (χ2v) is 5.25. The third-order valence-electron chi connectivity index (χ3n) is 2.47. The van der Waals surface area contributed by atoms with Crippen LogP contribution < -0.4 is 10.5 Å². The summed E-state index contributed by atoms with van der Waals surface area (Å²) in [5.41, 5.74) is 6.57. The largest absolute Gasteiger partial charge is 0.437 e. The molecule has 0 aliphatic carbocycles. The summed E-state index contributed by atoms with van der Waals surface area (Å²) in [7, 11) is 0. The number of nitrogens with zero attached hydrogens (tertiary/aromatic N) is 1. The predicted octanol–water partition coefficient (Wildman–Crippen LogP) is 4.45. The van der Waals surface area contributed by atoms with Crippen molar-refractivity contribution >= 4 is 27.5 Å². The molecule has 0 aliphatic rings. The van der Waals surface area contributed by atoms with Crippen molar-refractivity contribution in [1.82, 2.24) is 4.98 Å². The lowest BCUT2D eigenvalue weighted by atomic mass is 10.1. The molecule has 3 nitrogen and oxygen atoms in total. The summed E-state index contributed by atoms with van der Waals surface area (Å²) in [6.07, 6.45) is 1.58. The normalized spacial score (nSPS) is 12.3. The van der Waals surface area contributed by atoms with Crippen LogP contribution in [-0.2, 0) is 0 Å². The maximum Gasteiger partial charge on any atom is 0.224 e. The number of nitrogens with two attached hydrogens (primary N) is 1. The quantitative estimate of drug-likeness (QED) is 0.836. The molecule has 2 rings (SSSR count). The summed E-state index contributed by atoms with van der Waals surface area (Å²) in [5, 5.41) is 0.0210. The average molecular weight is 346 g/mol. The van der Waals surface area contributed by atoms with Gasteiger partial charge in [0.15, 0.2) is 0 Å². The van der Waals surface area contributed by atoms with E-state index in [1.807, 2.05) is 13.0 Å². The van der Waals surface area contributed by atoms with Gasteiger partial charge in [-0.2, -0.15) is 0 Å². The molecule has 1 heterocycles. The first-order valence-electron chi connectivity index (χ1n) is 5.52. The third-order valence-corrected chi connectivity index (χ3v) is 3.38. The van der Waals surface area contributed by atoms with Crippen LogP contribution in [0.3, 0.4) is 0 Å². The fourth-order valence-electron chi connectivity index (χ4n) is 1.52. The Bertz CT molecular complexity index is 607. The Morgan fingerprint density at radius 1 is 1.47 bits per heavy atom. The van der Waals surface area contributed by atoms with E-state index < -0.39 is 5.82 Å². The summed E-state index contributed by atoms with van der Waals surface area (Å²) in [6.45, 7) is 1.82. The lowest BCUT2D eigenvalue weighted by molar-refractivity contribution is 0.445. The molecule has 0 saturated heterocycles. The van der Waals surface area contributed by atoms with E-state index in [1.165, 1.54) is 12.1 Å². The van der Waals surface area contributed by atoms with Crippen molar-refractivity contribution in [3.63, 3.8) is 0 Å². The molecule has 0 spiro atoms. The molecule has 6 heteroatoms. The fourth-order valence-corrected chi connectivity index (χ4v) is 2.24. The van der Waals surface area contributed by atoms with E-state index >= 15 is 0 Å². The Balaban J connectivity index is 2.39. The zero-order chi connectivity index (χ0) is 14.0. The first-order chi connectivity index (χ1) is 8.99. The summed E-state index contributed by atoms with van der Waals surface area (Å²) in [5.74, 6) is 0.0839. The smallest absolute Gasteiger partial charge is 0.224 e. The molecule has 1 aromatic heterocycles. The van der Waals surface area contributed by atoms with Crippen LogP contribution in [0.15, 0.2) is 34.9 Å². The second-order valence-electron chi connectivity index (χ2n) is 3.99. The van der Waals surface area contributed by atoms with Gasteiger partial charge in [-0.25, -0.2) is 9.37 Å². The molecule has 0 saturated carbocycles. The van der Waals surface area contributed by atoms with Crippen molar-refractivity contribution in [2.75, 3.05) is 0 Å². The molecule has 0 aliphatic heterocycles. The van der Waals surface area contributed by atoms with Crippen molar-refractivity contribution in [2.24, 2.45) is 5.73 Å². The van der Waals surface area contributed by atoms with E-state index in [2.05, 4.69) is 20.9 Å². The molecular weight excluding hydrogens is 335 g/mol. The van der Waals surface area contributed by atoms with E-state index in [1.54, 1.807) is 12.3 Å². The summed E-state index contributed by atoms with van der Waals surface area (Å²) >= 11 is 8.94. The van der Waals surface area contributed by atoms with Crippen LogP contribution in [0.1, 0.15) is 18.5 Å². The van der Waals surface area contributed by atoms with Crippen molar-refractivity contribution in [1.29, 1.82) is 0 Å². The number of halogens is 3. The molecule has 2 aromatic rings. The van der Waals surface area contributed by atoms with E-state index in [-0.39, 0.29) is 11.1 Å². The van der Waals surface area contributed by atoms with Gasteiger partial charge in [-0.15, -0.1) is 0 Å². The van der Waals surface area contributed by atoms with Crippen LogP contribution in [0.25, 0.3) is 0 Å². The van der Waals surface area contributed by atoms with Crippen LogP contribution in [0, 0.1) is 5.82 Å². The molecule has 1 atom stereocenters. The van der Waals surface area contributed by atoms with Crippen molar-refractivity contribution in [3.8, 4) is 11.6 Å². The number of ether oxygens (including phenoxy) is 1. The van der Waals surface area contributed by atoms with Gasteiger partial charge in [-0.1, -0.05) is 17.7 Å². The molecule has 19 heavy (non-hydrogen) atoms. The molecular formula is C13H11BrClFN2O. The highest BCUT2D eigenvalue weighted by Gasteiger charge is 2.13. The van der Waals surface area contributed by atoms with E-state index in [0.717, 1.165) is 5.56 Å². The topological polar surface area (TPSA) is 48.1 Å². The maximum atomic E-state index is 13.4. The van der Waals surface area contributed by atoms with Crippen LogP contribution in [0.5, 0.6) is 11.6 Å². The van der Waals surface area contributed by atoms with Crippen LogP contribution in [-0.4, -0.2) is 4.98 Å². The van der Waals surface area contributed by atoms with Crippen molar-refractivity contribution in [3.05, 3.63) is 51.3 Å². The van der Waals surface area contributed by atoms with Gasteiger partial charge in [-0.05, 0) is 35.0 Å². The summed E-state index contributed by atoms with van der Waals surface area (Å²) in [6, 6.07) is 5.97.